The monoisotopic (exact) mass is 430 g/mol. The van der Waals surface area contributed by atoms with E-state index in [1.165, 1.54) is 42.5 Å². The molecule has 0 atom stereocenters. The van der Waals surface area contributed by atoms with E-state index >= 15 is 0 Å². The minimum absolute atomic E-state index is 0.00900. The third kappa shape index (κ3) is 4.97. The number of carbonyl (C=O) groups is 1. The Morgan fingerprint density at radius 3 is 2.40 bits per heavy atom. The van der Waals surface area contributed by atoms with E-state index in [-0.39, 0.29) is 28.4 Å². The van der Waals surface area contributed by atoms with E-state index in [0.29, 0.717) is 5.56 Å². The quantitative estimate of drug-likeness (QED) is 0.349. The topological polar surface area (TPSA) is 116 Å². The lowest BCUT2D eigenvalue weighted by atomic mass is 10.2. The van der Waals surface area contributed by atoms with Crippen LogP contribution in [0.3, 0.4) is 0 Å². The lowest BCUT2D eigenvalue weighted by Crippen LogP contribution is -2.23. The number of nitro benzene ring substituents is 1. The van der Waals surface area contributed by atoms with Crippen LogP contribution in [0.2, 0.25) is 0 Å². The molecule has 1 amide bonds. The fraction of sp³-hybridized carbons (Fsp3) is 0.0500. The summed E-state index contributed by atoms with van der Waals surface area (Å²) in [4.78, 5) is 21.9. The first-order chi connectivity index (χ1) is 14.3. The van der Waals surface area contributed by atoms with Crippen LogP contribution in [0, 0.1) is 15.9 Å². The molecule has 0 fully saturated rings. The Hall–Kier alpha value is -3.79. The standard InChI is InChI=1S/C20H15FN2O6S/c21-19-7-2-1-4-15(19)13-22-20(24)14-8-10-17(11-9-14)29-30(27,28)18-6-3-5-16(12-18)23(25)26/h1-12H,13H2,(H,22,24). The Morgan fingerprint density at radius 2 is 1.73 bits per heavy atom. The zero-order valence-electron chi connectivity index (χ0n) is 15.3. The van der Waals surface area contributed by atoms with Gasteiger partial charge >= 0.3 is 10.1 Å². The predicted molar refractivity (Wildman–Crippen MR) is 105 cm³/mol. The number of nitro groups is 1. The number of benzene rings is 3. The van der Waals surface area contributed by atoms with E-state index in [1.54, 1.807) is 18.2 Å². The molecule has 0 saturated heterocycles. The van der Waals surface area contributed by atoms with E-state index in [9.17, 15) is 27.7 Å². The molecule has 154 valence electrons. The molecule has 0 saturated carbocycles. The lowest BCUT2D eigenvalue weighted by Gasteiger charge is -2.09. The maximum atomic E-state index is 13.6. The SMILES string of the molecule is O=C(NCc1ccccc1F)c1ccc(OS(=O)(=O)c2cccc([N+](=O)[O-])c2)cc1. The van der Waals surface area contributed by atoms with Crippen molar-refractivity contribution in [2.75, 3.05) is 0 Å². The van der Waals surface area contributed by atoms with Gasteiger partial charge in [0.15, 0.2) is 0 Å². The van der Waals surface area contributed by atoms with Crippen LogP contribution >= 0.6 is 0 Å². The summed E-state index contributed by atoms with van der Waals surface area (Å²) < 4.78 is 43.2. The first kappa shape index (κ1) is 20.9. The second kappa shape index (κ2) is 8.70. The molecule has 0 aliphatic heterocycles. The highest BCUT2D eigenvalue weighted by atomic mass is 32.2. The van der Waals surface area contributed by atoms with Crippen LogP contribution in [0.5, 0.6) is 5.75 Å². The van der Waals surface area contributed by atoms with E-state index in [4.69, 9.17) is 4.18 Å². The highest BCUT2D eigenvalue weighted by molar-refractivity contribution is 7.87. The summed E-state index contributed by atoms with van der Waals surface area (Å²) in [7, 11) is -4.30. The molecule has 0 unspecified atom stereocenters. The van der Waals surface area contributed by atoms with Gasteiger partial charge in [-0.3, -0.25) is 14.9 Å². The highest BCUT2D eigenvalue weighted by Crippen LogP contribution is 2.22. The zero-order valence-corrected chi connectivity index (χ0v) is 16.1. The van der Waals surface area contributed by atoms with Crippen LogP contribution in [0.25, 0.3) is 0 Å². The maximum absolute atomic E-state index is 13.6. The predicted octanol–water partition coefficient (Wildman–Crippen LogP) is 3.43. The van der Waals surface area contributed by atoms with Gasteiger partial charge in [-0.25, -0.2) is 4.39 Å². The number of non-ortho nitro benzene ring substituents is 1. The molecule has 1 N–H and O–H groups in total. The van der Waals surface area contributed by atoms with Gasteiger partial charge in [-0.2, -0.15) is 8.42 Å². The number of rotatable bonds is 7. The number of amides is 1. The van der Waals surface area contributed by atoms with Gasteiger partial charge in [0.1, 0.15) is 16.5 Å². The highest BCUT2D eigenvalue weighted by Gasteiger charge is 2.20. The van der Waals surface area contributed by atoms with E-state index in [2.05, 4.69) is 5.32 Å². The molecule has 3 aromatic carbocycles. The second-order valence-electron chi connectivity index (χ2n) is 6.09. The van der Waals surface area contributed by atoms with Gasteiger partial charge in [0.2, 0.25) is 0 Å². The molecule has 30 heavy (non-hydrogen) atoms. The summed E-state index contributed by atoms with van der Waals surface area (Å²) in [5, 5.41) is 13.4. The minimum atomic E-state index is -4.30. The molecular weight excluding hydrogens is 415 g/mol. The number of nitrogens with one attached hydrogen (secondary N) is 1. The maximum Gasteiger partial charge on any atom is 0.339 e. The van der Waals surface area contributed by atoms with E-state index in [1.807, 2.05) is 0 Å². The van der Waals surface area contributed by atoms with E-state index in [0.717, 1.165) is 12.1 Å². The molecule has 10 heteroatoms. The van der Waals surface area contributed by atoms with Crippen molar-refractivity contribution in [3.63, 3.8) is 0 Å². The normalized spacial score (nSPS) is 11.0. The second-order valence-corrected chi connectivity index (χ2v) is 7.64. The van der Waals surface area contributed by atoms with Gasteiger partial charge in [-0.1, -0.05) is 24.3 Å². The molecular formula is C20H15FN2O6S. The van der Waals surface area contributed by atoms with Crippen molar-refractivity contribution in [3.8, 4) is 5.75 Å². The average Bonchev–Trinajstić information content (AvgIpc) is 2.73. The van der Waals surface area contributed by atoms with Crippen molar-refractivity contribution in [2.24, 2.45) is 0 Å². The molecule has 3 aromatic rings. The lowest BCUT2D eigenvalue weighted by molar-refractivity contribution is -0.385. The molecule has 0 aliphatic carbocycles. The summed E-state index contributed by atoms with van der Waals surface area (Å²) in [5.41, 5.74) is 0.154. The summed E-state index contributed by atoms with van der Waals surface area (Å²) in [6.45, 7) is -0.00900. The molecule has 0 bridgehead atoms. The van der Waals surface area contributed by atoms with Crippen LogP contribution in [0.4, 0.5) is 10.1 Å². The van der Waals surface area contributed by atoms with Crippen molar-refractivity contribution < 1.29 is 26.7 Å². The van der Waals surface area contributed by atoms with Crippen LogP contribution in [-0.2, 0) is 16.7 Å². The van der Waals surface area contributed by atoms with Crippen LogP contribution < -0.4 is 9.50 Å². The summed E-state index contributed by atoms with van der Waals surface area (Å²) in [6.07, 6.45) is 0. The molecule has 0 aliphatic rings. The van der Waals surface area contributed by atoms with Crippen molar-refractivity contribution in [2.45, 2.75) is 11.4 Å². The fourth-order valence-electron chi connectivity index (χ4n) is 2.51. The van der Waals surface area contributed by atoms with Gasteiger partial charge in [0.25, 0.3) is 11.6 Å². The summed E-state index contributed by atoms with van der Waals surface area (Å²) in [5.74, 6) is -0.994. The average molecular weight is 430 g/mol. The summed E-state index contributed by atoms with van der Waals surface area (Å²) >= 11 is 0. The first-order valence-electron chi connectivity index (χ1n) is 8.57. The van der Waals surface area contributed by atoms with Gasteiger partial charge in [-0.05, 0) is 36.4 Å². The Labute approximate surface area is 171 Å². The van der Waals surface area contributed by atoms with Crippen molar-refractivity contribution >= 4 is 21.7 Å². The number of hydrogen-bond acceptors (Lipinski definition) is 6. The zero-order chi connectivity index (χ0) is 21.7. The van der Waals surface area contributed by atoms with Crippen molar-refractivity contribution in [1.29, 1.82) is 0 Å². The Bertz CT molecular complexity index is 1200. The molecule has 0 aromatic heterocycles. The first-order valence-corrected chi connectivity index (χ1v) is 9.98. The Balaban J connectivity index is 1.68. The van der Waals surface area contributed by atoms with E-state index < -0.39 is 26.8 Å². The van der Waals surface area contributed by atoms with Crippen LogP contribution in [0.15, 0.2) is 77.7 Å². The molecule has 3 rings (SSSR count). The minimum Gasteiger partial charge on any atom is -0.379 e. The van der Waals surface area contributed by atoms with Gasteiger partial charge in [0, 0.05) is 29.8 Å². The third-order valence-electron chi connectivity index (χ3n) is 4.04. The van der Waals surface area contributed by atoms with Gasteiger partial charge in [0.05, 0.1) is 4.92 Å². The smallest absolute Gasteiger partial charge is 0.339 e. The summed E-state index contributed by atoms with van der Waals surface area (Å²) in [6, 6.07) is 15.7. The molecule has 0 radical (unpaired) electrons. The largest absolute Gasteiger partial charge is 0.379 e. The van der Waals surface area contributed by atoms with Crippen molar-refractivity contribution in [3.05, 3.63) is 99.9 Å². The van der Waals surface area contributed by atoms with Crippen LogP contribution in [-0.4, -0.2) is 19.2 Å². The molecule has 0 spiro atoms. The number of hydrogen-bond donors (Lipinski definition) is 1. The fourth-order valence-corrected chi connectivity index (χ4v) is 3.48. The van der Waals surface area contributed by atoms with Gasteiger partial charge < -0.3 is 9.50 Å². The van der Waals surface area contributed by atoms with Gasteiger partial charge in [-0.15, -0.1) is 0 Å². The van der Waals surface area contributed by atoms with Crippen molar-refractivity contribution in [1.82, 2.24) is 5.32 Å². The number of halogens is 1. The molecule has 0 heterocycles. The number of nitrogens with zero attached hydrogens (tertiary/aromatic N) is 1. The Kier molecular flexibility index (Phi) is 6.07. The third-order valence-corrected chi connectivity index (χ3v) is 5.28. The Morgan fingerprint density at radius 1 is 1.03 bits per heavy atom. The molecule has 8 nitrogen and oxygen atoms in total. The number of carbonyl (C=O) groups excluding carboxylic acids is 1. The van der Waals surface area contributed by atoms with Crippen LogP contribution in [0.1, 0.15) is 15.9 Å².